The van der Waals surface area contributed by atoms with E-state index >= 15 is 0 Å². The number of rotatable bonds is 1. The first-order valence-electron chi connectivity index (χ1n) is 5.90. The van der Waals surface area contributed by atoms with E-state index in [1.807, 2.05) is 0 Å². The second kappa shape index (κ2) is 3.88. The molecule has 1 aromatic carbocycles. The van der Waals surface area contributed by atoms with Crippen molar-refractivity contribution >= 4 is 5.69 Å². The predicted molar refractivity (Wildman–Crippen MR) is 66.4 cm³/mol. The van der Waals surface area contributed by atoms with Crippen LogP contribution in [-0.4, -0.2) is 6.54 Å². The lowest BCUT2D eigenvalue weighted by atomic mass is 9.87. The van der Waals surface area contributed by atoms with Crippen molar-refractivity contribution < 1.29 is 0 Å². The lowest BCUT2D eigenvalue weighted by Crippen LogP contribution is -2.13. The number of anilines is 1. The summed E-state index contributed by atoms with van der Waals surface area (Å²) in [6.07, 6.45) is 3.66. The number of hydrogen-bond acceptors (Lipinski definition) is 1. The summed E-state index contributed by atoms with van der Waals surface area (Å²) in [6.45, 7) is 8.01. The average molecular weight is 203 g/mol. The highest BCUT2D eigenvalue weighted by atomic mass is 14.9. The standard InChI is InChI=1S/C14H21N/c1-14(2,3)10-11-6-7-12-5-4-8-15-13(12)9-11/h6-7,9,15H,4-5,8,10H2,1-3H3. The van der Waals surface area contributed by atoms with Gasteiger partial charge in [-0.15, -0.1) is 0 Å². The Kier molecular flexibility index (Phi) is 2.72. The zero-order chi connectivity index (χ0) is 10.9. The van der Waals surface area contributed by atoms with Gasteiger partial charge in [-0.1, -0.05) is 32.9 Å². The highest BCUT2D eigenvalue weighted by molar-refractivity contribution is 5.55. The number of nitrogens with one attached hydrogen (secondary N) is 1. The van der Waals surface area contributed by atoms with Crippen molar-refractivity contribution in [1.82, 2.24) is 0 Å². The third kappa shape index (κ3) is 2.74. The molecule has 0 radical (unpaired) electrons. The quantitative estimate of drug-likeness (QED) is 0.735. The summed E-state index contributed by atoms with van der Waals surface area (Å²) < 4.78 is 0. The second-order valence-corrected chi connectivity index (χ2v) is 5.76. The number of hydrogen-bond donors (Lipinski definition) is 1. The first-order chi connectivity index (χ1) is 7.04. The molecule has 0 saturated heterocycles. The van der Waals surface area contributed by atoms with Crippen LogP contribution in [0.25, 0.3) is 0 Å². The molecule has 1 heterocycles. The maximum absolute atomic E-state index is 3.49. The van der Waals surface area contributed by atoms with E-state index in [1.165, 1.54) is 29.7 Å². The molecule has 1 aliphatic heterocycles. The minimum absolute atomic E-state index is 0.378. The molecule has 1 nitrogen and oxygen atoms in total. The smallest absolute Gasteiger partial charge is 0.0375 e. The Labute approximate surface area is 92.9 Å². The van der Waals surface area contributed by atoms with Crippen molar-refractivity contribution in [3.8, 4) is 0 Å². The third-order valence-electron chi connectivity index (χ3n) is 2.85. The van der Waals surface area contributed by atoms with E-state index in [0.29, 0.717) is 5.41 Å². The van der Waals surface area contributed by atoms with Crippen molar-refractivity contribution in [3.63, 3.8) is 0 Å². The minimum Gasteiger partial charge on any atom is -0.385 e. The summed E-state index contributed by atoms with van der Waals surface area (Å²) in [4.78, 5) is 0. The zero-order valence-electron chi connectivity index (χ0n) is 10.1. The maximum atomic E-state index is 3.49. The third-order valence-corrected chi connectivity index (χ3v) is 2.85. The molecule has 0 saturated carbocycles. The summed E-state index contributed by atoms with van der Waals surface area (Å²) in [5.41, 5.74) is 4.68. The molecule has 0 unspecified atom stereocenters. The van der Waals surface area contributed by atoms with E-state index in [4.69, 9.17) is 0 Å². The molecule has 2 rings (SSSR count). The molecule has 0 fully saturated rings. The summed E-state index contributed by atoms with van der Waals surface area (Å²) in [5, 5.41) is 3.49. The highest BCUT2D eigenvalue weighted by Gasteiger charge is 2.13. The SMILES string of the molecule is CC(C)(C)Cc1ccc2c(c1)NCCC2. The van der Waals surface area contributed by atoms with Crippen molar-refractivity contribution in [1.29, 1.82) is 0 Å². The van der Waals surface area contributed by atoms with E-state index in [2.05, 4.69) is 44.3 Å². The predicted octanol–water partition coefficient (Wildman–Crippen LogP) is 3.63. The molecule has 1 aromatic rings. The Bertz CT molecular complexity index is 347. The van der Waals surface area contributed by atoms with Crippen LogP contribution in [0.15, 0.2) is 18.2 Å². The Hall–Kier alpha value is -0.980. The van der Waals surface area contributed by atoms with Gasteiger partial charge in [0.25, 0.3) is 0 Å². The van der Waals surface area contributed by atoms with Gasteiger partial charge in [0.15, 0.2) is 0 Å². The number of fused-ring (bicyclic) bond motifs is 1. The van der Waals surface area contributed by atoms with E-state index < -0.39 is 0 Å². The molecule has 0 aliphatic carbocycles. The largest absolute Gasteiger partial charge is 0.385 e. The Morgan fingerprint density at radius 1 is 1.27 bits per heavy atom. The monoisotopic (exact) mass is 203 g/mol. The summed E-state index contributed by atoms with van der Waals surface area (Å²) in [6, 6.07) is 6.92. The van der Waals surface area contributed by atoms with E-state index in [9.17, 15) is 0 Å². The minimum atomic E-state index is 0.378. The lowest BCUT2D eigenvalue weighted by molar-refractivity contribution is 0.411. The van der Waals surface area contributed by atoms with E-state index in [1.54, 1.807) is 0 Å². The Morgan fingerprint density at radius 2 is 2.07 bits per heavy atom. The van der Waals surface area contributed by atoms with Gasteiger partial charge in [-0.05, 0) is 41.9 Å². The molecule has 1 aliphatic rings. The fourth-order valence-electron chi connectivity index (χ4n) is 2.23. The molecular weight excluding hydrogens is 182 g/mol. The van der Waals surface area contributed by atoms with Gasteiger partial charge in [-0.3, -0.25) is 0 Å². The van der Waals surface area contributed by atoms with Crippen molar-refractivity contribution in [3.05, 3.63) is 29.3 Å². The van der Waals surface area contributed by atoms with Crippen LogP contribution in [0.3, 0.4) is 0 Å². The van der Waals surface area contributed by atoms with Crippen LogP contribution in [0.4, 0.5) is 5.69 Å². The first-order valence-corrected chi connectivity index (χ1v) is 5.90. The van der Waals surface area contributed by atoms with Crippen molar-refractivity contribution in [2.45, 2.75) is 40.0 Å². The maximum Gasteiger partial charge on any atom is 0.0375 e. The molecule has 0 atom stereocenters. The summed E-state index contributed by atoms with van der Waals surface area (Å²) in [5.74, 6) is 0. The van der Waals surface area contributed by atoms with Gasteiger partial charge < -0.3 is 5.32 Å². The summed E-state index contributed by atoms with van der Waals surface area (Å²) >= 11 is 0. The molecule has 82 valence electrons. The topological polar surface area (TPSA) is 12.0 Å². The van der Waals surface area contributed by atoms with Crippen LogP contribution in [-0.2, 0) is 12.8 Å². The molecule has 1 heteroatoms. The normalized spacial score (nSPS) is 15.7. The van der Waals surface area contributed by atoms with Crippen LogP contribution >= 0.6 is 0 Å². The first kappa shape index (κ1) is 10.5. The molecule has 0 spiro atoms. The van der Waals surface area contributed by atoms with Gasteiger partial charge in [-0.2, -0.15) is 0 Å². The Morgan fingerprint density at radius 3 is 2.80 bits per heavy atom. The van der Waals surface area contributed by atoms with Crippen LogP contribution in [0.5, 0.6) is 0 Å². The van der Waals surface area contributed by atoms with Crippen molar-refractivity contribution in [2.24, 2.45) is 5.41 Å². The van der Waals surface area contributed by atoms with Gasteiger partial charge in [-0.25, -0.2) is 0 Å². The van der Waals surface area contributed by atoms with E-state index in [0.717, 1.165) is 13.0 Å². The molecule has 0 amide bonds. The van der Waals surface area contributed by atoms with Gasteiger partial charge >= 0.3 is 0 Å². The molecule has 15 heavy (non-hydrogen) atoms. The molecule has 0 aromatic heterocycles. The average Bonchev–Trinajstić information content (AvgIpc) is 2.15. The molecule has 1 N–H and O–H groups in total. The van der Waals surface area contributed by atoms with Crippen LogP contribution < -0.4 is 5.32 Å². The lowest BCUT2D eigenvalue weighted by Gasteiger charge is -2.22. The summed E-state index contributed by atoms with van der Waals surface area (Å²) in [7, 11) is 0. The Balaban J connectivity index is 2.21. The number of aryl methyl sites for hydroxylation is 1. The van der Waals surface area contributed by atoms with Gasteiger partial charge in [0.1, 0.15) is 0 Å². The fraction of sp³-hybridized carbons (Fsp3) is 0.571. The van der Waals surface area contributed by atoms with Crippen LogP contribution in [0.2, 0.25) is 0 Å². The highest BCUT2D eigenvalue weighted by Crippen LogP contribution is 2.27. The molecule has 0 bridgehead atoms. The zero-order valence-corrected chi connectivity index (χ0v) is 10.1. The van der Waals surface area contributed by atoms with E-state index in [-0.39, 0.29) is 0 Å². The van der Waals surface area contributed by atoms with Crippen LogP contribution in [0, 0.1) is 5.41 Å². The van der Waals surface area contributed by atoms with Gasteiger partial charge in [0.05, 0.1) is 0 Å². The van der Waals surface area contributed by atoms with Gasteiger partial charge in [0, 0.05) is 12.2 Å². The number of benzene rings is 1. The second-order valence-electron chi connectivity index (χ2n) is 5.76. The molecular formula is C14H21N. The fourth-order valence-corrected chi connectivity index (χ4v) is 2.23. The van der Waals surface area contributed by atoms with Crippen molar-refractivity contribution in [2.75, 3.05) is 11.9 Å². The van der Waals surface area contributed by atoms with Gasteiger partial charge in [0.2, 0.25) is 0 Å². The van der Waals surface area contributed by atoms with Crippen LogP contribution in [0.1, 0.15) is 38.3 Å².